The molecule has 1 amide bonds. The first-order valence-electron chi connectivity index (χ1n) is 6.92. The van der Waals surface area contributed by atoms with Crippen molar-refractivity contribution in [1.82, 2.24) is 10.4 Å². The summed E-state index contributed by atoms with van der Waals surface area (Å²) in [5.41, 5.74) is 3.62. The van der Waals surface area contributed by atoms with Gasteiger partial charge in [0, 0.05) is 18.0 Å². The third-order valence-corrected chi connectivity index (χ3v) is 3.85. The third-order valence-electron chi connectivity index (χ3n) is 3.11. The van der Waals surface area contributed by atoms with E-state index in [1.54, 1.807) is 48.7 Å². The van der Waals surface area contributed by atoms with Gasteiger partial charge in [0.15, 0.2) is 0 Å². The Morgan fingerprint density at radius 2 is 2.04 bits per heavy atom. The Kier molecular flexibility index (Phi) is 4.93. The van der Waals surface area contributed by atoms with Gasteiger partial charge in [-0.25, -0.2) is 5.43 Å². The number of carbonyl (C=O) groups is 1. The van der Waals surface area contributed by atoms with Gasteiger partial charge in [-0.15, -0.1) is 0 Å². The summed E-state index contributed by atoms with van der Waals surface area (Å²) in [7, 11) is 0. The highest BCUT2D eigenvalue weighted by Crippen LogP contribution is 2.29. The zero-order valence-corrected chi connectivity index (χ0v) is 13.8. The molecular formula is C17H11Cl2N3O2. The number of pyridine rings is 1. The first-order chi connectivity index (χ1) is 11.6. The summed E-state index contributed by atoms with van der Waals surface area (Å²) in [6.07, 6.45) is 4.46. The van der Waals surface area contributed by atoms with Crippen LogP contribution in [0.1, 0.15) is 16.1 Å². The van der Waals surface area contributed by atoms with Gasteiger partial charge in [-0.1, -0.05) is 23.2 Å². The number of furan rings is 1. The van der Waals surface area contributed by atoms with Crippen LogP contribution in [-0.2, 0) is 0 Å². The number of nitrogens with one attached hydrogen (secondary N) is 1. The van der Waals surface area contributed by atoms with Crippen LogP contribution in [0, 0.1) is 0 Å². The van der Waals surface area contributed by atoms with Crippen LogP contribution >= 0.6 is 23.2 Å². The van der Waals surface area contributed by atoms with Crippen molar-refractivity contribution in [2.24, 2.45) is 5.10 Å². The van der Waals surface area contributed by atoms with Crippen LogP contribution < -0.4 is 5.43 Å². The topological polar surface area (TPSA) is 67.5 Å². The van der Waals surface area contributed by atoms with Crippen LogP contribution in [0.2, 0.25) is 10.0 Å². The SMILES string of the molecule is O=C(NN=Cc1ccc(-c2ccc(Cl)c(Cl)c2)o1)c1cccnc1. The van der Waals surface area contributed by atoms with E-state index in [0.29, 0.717) is 27.1 Å². The molecule has 0 aliphatic heterocycles. The Morgan fingerprint density at radius 3 is 2.79 bits per heavy atom. The van der Waals surface area contributed by atoms with Gasteiger partial charge < -0.3 is 4.42 Å². The molecule has 0 saturated carbocycles. The molecule has 0 bridgehead atoms. The fraction of sp³-hybridized carbons (Fsp3) is 0. The molecule has 5 nitrogen and oxygen atoms in total. The Balaban J connectivity index is 1.67. The predicted octanol–water partition coefficient (Wildman–Crippen LogP) is 4.41. The Hall–Kier alpha value is -2.63. The van der Waals surface area contributed by atoms with E-state index in [0.717, 1.165) is 5.56 Å². The number of amides is 1. The molecule has 1 aromatic carbocycles. The summed E-state index contributed by atoms with van der Waals surface area (Å²) in [5, 5.41) is 4.79. The normalized spacial score (nSPS) is 10.9. The molecule has 0 fully saturated rings. The van der Waals surface area contributed by atoms with Crippen LogP contribution in [0.3, 0.4) is 0 Å². The van der Waals surface area contributed by atoms with E-state index < -0.39 is 0 Å². The van der Waals surface area contributed by atoms with Gasteiger partial charge in [-0.2, -0.15) is 5.10 Å². The Morgan fingerprint density at radius 1 is 1.17 bits per heavy atom. The molecule has 24 heavy (non-hydrogen) atoms. The maximum absolute atomic E-state index is 11.8. The largest absolute Gasteiger partial charge is 0.455 e. The molecule has 0 unspecified atom stereocenters. The van der Waals surface area contributed by atoms with Crippen molar-refractivity contribution in [3.8, 4) is 11.3 Å². The van der Waals surface area contributed by atoms with Crippen molar-refractivity contribution < 1.29 is 9.21 Å². The molecule has 0 aliphatic rings. The van der Waals surface area contributed by atoms with Gasteiger partial charge in [0.05, 0.1) is 21.8 Å². The smallest absolute Gasteiger partial charge is 0.272 e. The summed E-state index contributed by atoms with van der Waals surface area (Å²) < 4.78 is 5.64. The maximum Gasteiger partial charge on any atom is 0.272 e. The fourth-order valence-electron chi connectivity index (χ4n) is 1.94. The van der Waals surface area contributed by atoms with E-state index in [4.69, 9.17) is 27.6 Å². The van der Waals surface area contributed by atoms with Crippen LogP contribution in [0.4, 0.5) is 0 Å². The van der Waals surface area contributed by atoms with Crippen LogP contribution in [-0.4, -0.2) is 17.1 Å². The molecule has 1 N–H and O–H groups in total. The Bertz CT molecular complexity index is 892. The van der Waals surface area contributed by atoms with Gasteiger partial charge >= 0.3 is 0 Å². The van der Waals surface area contributed by atoms with Crippen LogP contribution in [0.5, 0.6) is 0 Å². The standard InChI is InChI=1S/C17H11Cl2N3O2/c18-14-5-3-11(8-15(14)19)16-6-4-13(24-16)10-21-22-17(23)12-2-1-7-20-9-12/h1-10H,(H,22,23). The van der Waals surface area contributed by atoms with Gasteiger partial charge in [0.1, 0.15) is 11.5 Å². The van der Waals surface area contributed by atoms with Crippen molar-refractivity contribution in [3.05, 3.63) is 76.2 Å². The van der Waals surface area contributed by atoms with E-state index in [1.165, 1.54) is 12.4 Å². The molecule has 3 rings (SSSR count). The molecule has 0 aliphatic carbocycles. The van der Waals surface area contributed by atoms with E-state index in [-0.39, 0.29) is 5.91 Å². The van der Waals surface area contributed by atoms with Gasteiger partial charge in [-0.3, -0.25) is 9.78 Å². The first-order valence-corrected chi connectivity index (χ1v) is 7.68. The molecule has 0 spiro atoms. The zero-order valence-electron chi connectivity index (χ0n) is 12.2. The van der Waals surface area contributed by atoms with Crippen molar-refractivity contribution in [1.29, 1.82) is 0 Å². The lowest BCUT2D eigenvalue weighted by molar-refractivity contribution is 0.0955. The number of hydrazone groups is 1. The number of benzene rings is 1. The van der Waals surface area contributed by atoms with E-state index in [1.807, 2.05) is 0 Å². The minimum atomic E-state index is -0.351. The van der Waals surface area contributed by atoms with Gasteiger partial charge in [-0.05, 0) is 42.5 Å². The highest BCUT2D eigenvalue weighted by atomic mass is 35.5. The zero-order chi connectivity index (χ0) is 16.9. The van der Waals surface area contributed by atoms with Crippen LogP contribution in [0.15, 0.2) is 64.4 Å². The second kappa shape index (κ2) is 7.29. The summed E-state index contributed by atoms with van der Waals surface area (Å²) in [5.74, 6) is 0.756. The number of hydrogen-bond acceptors (Lipinski definition) is 4. The van der Waals surface area contributed by atoms with E-state index >= 15 is 0 Å². The van der Waals surface area contributed by atoms with E-state index in [9.17, 15) is 4.79 Å². The highest BCUT2D eigenvalue weighted by molar-refractivity contribution is 6.42. The number of nitrogens with zero attached hydrogens (tertiary/aromatic N) is 2. The number of carbonyl (C=O) groups excluding carboxylic acids is 1. The van der Waals surface area contributed by atoms with Crippen molar-refractivity contribution in [2.45, 2.75) is 0 Å². The monoisotopic (exact) mass is 359 g/mol. The second-order valence-electron chi connectivity index (χ2n) is 4.77. The van der Waals surface area contributed by atoms with Crippen molar-refractivity contribution >= 4 is 35.3 Å². The quantitative estimate of drug-likeness (QED) is 0.554. The van der Waals surface area contributed by atoms with Gasteiger partial charge in [0.25, 0.3) is 5.91 Å². The molecule has 0 atom stereocenters. The summed E-state index contributed by atoms with van der Waals surface area (Å²) in [4.78, 5) is 15.7. The summed E-state index contributed by atoms with van der Waals surface area (Å²) >= 11 is 11.9. The van der Waals surface area contributed by atoms with E-state index in [2.05, 4.69) is 15.5 Å². The second-order valence-corrected chi connectivity index (χ2v) is 5.59. The fourth-order valence-corrected chi connectivity index (χ4v) is 2.24. The Labute approximate surface area is 147 Å². The lowest BCUT2D eigenvalue weighted by Gasteiger charge is -1.99. The first kappa shape index (κ1) is 16.2. The minimum Gasteiger partial charge on any atom is -0.455 e. The third kappa shape index (κ3) is 3.82. The maximum atomic E-state index is 11.8. The summed E-state index contributed by atoms with van der Waals surface area (Å²) in [6.45, 7) is 0. The van der Waals surface area contributed by atoms with Crippen LogP contribution in [0.25, 0.3) is 11.3 Å². The number of rotatable bonds is 4. The number of aromatic nitrogens is 1. The van der Waals surface area contributed by atoms with Crippen molar-refractivity contribution in [3.63, 3.8) is 0 Å². The number of halogens is 2. The highest BCUT2D eigenvalue weighted by Gasteiger charge is 2.07. The lowest BCUT2D eigenvalue weighted by atomic mass is 10.2. The molecule has 2 aromatic heterocycles. The molecular weight excluding hydrogens is 349 g/mol. The molecule has 3 aromatic rings. The summed E-state index contributed by atoms with van der Waals surface area (Å²) in [6, 6.07) is 12.1. The number of hydrogen-bond donors (Lipinski definition) is 1. The predicted molar refractivity (Wildman–Crippen MR) is 93.5 cm³/mol. The average Bonchev–Trinajstić information content (AvgIpc) is 3.07. The molecule has 2 heterocycles. The lowest BCUT2D eigenvalue weighted by Crippen LogP contribution is -2.17. The average molecular weight is 360 g/mol. The molecule has 7 heteroatoms. The van der Waals surface area contributed by atoms with Gasteiger partial charge in [0.2, 0.25) is 0 Å². The van der Waals surface area contributed by atoms with Crippen molar-refractivity contribution in [2.75, 3.05) is 0 Å². The molecule has 120 valence electrons. The molecule has 0 radical (unpaired) electrons. The molecule has 0 saturated heterocycles. The minimum absolute atomic E-state index is 0.351.